The Morgan fingerprint density at radius 3 is 3.10 bits per heavy atom. The van der Waals surface area contributed by atoms with E-state index < -0.39 is 0 Å². The molecule has 2 N–H and O–H groups in total. The van der Waals surface area contributed by atoms with E-state index in [1.165, 1.54) is 0 Å². The molecule has 3 aromatic heterocycles. The fraction of sp³-hybridized carbons (Fsp3) is 0.0769. The fourth-order valence-corrected chi connectivity index (χ4v) is 2.37. The van der Waals surface area contributed by atoms with Crippen LogP contribution in [-0.4, -0.2) is 29.5 Å². The number of rotatable bonds is 3. The zero-order valence-corrected chi connectivity index (χ0v) is 11.5. The number of aromatic amines is 1. The Balaban J connectivity index is 1.67. The third-order valence-corrected chi connectivity index (χ3v) is 3.42. The molecule has 3 heterocycles. The molecule has 0 saturated heterocycles. The highest BCUT2D eigenvalue weighted by Crippen LogP contribution is 2.17. The first-order valence-electron chi connectivity index (χ1n) is 6.32. The molecule has 0 bridgehead atoms. The zero-order valence-electron chi connectivity index (χ0n) is 10.8. The standard InChI is InChI=1S/C13H10ClN7/c14-8-2-1-3-9(4-8)15-5-10-19-20-13-11-12(17-6-16-11)18-7-21(10)13/h1-4,6-7,15H,5H2,(H,16,17). The monoisotopic (exact) mass is 299 g/mol. The average molecular weight is 300 g/mol. The van der Waals surface area contributed by atoms with E-state index in [0.29, 0.717) is 22.9 Å². The fourth-order valence-electron chi connectivity index (χ4n) is 2.18. The molecule has 4 rings (SSSR count). The van der Waals surface area contributed by atoms with Crippen molar-refractivity contribution in [2.24, 2.45) is 0 Å². The Hall–Kier alpha value is -2.67. The second kappa shape index (κ2) is 4.71. The predicted octanol–water partition coefficient (Wildman–Crippen LogP) is 2.27. The van der Waals surface area contributed by atoms with Crippen molar-refractivity contribution in [3.05, 3.63) is 47.8 Å². The summed E-state index contributed by atoms with van der Waals surface area (Å²) in [6.07, 6.45) is 3.27. The van der Waals surface area contributed by atoms with Gasteiger partial charge in [0.25, 0.3) is 0 Å². The third-order valence-electron chi connectivity index (χ3n) is 3.18. The minimum absolute atomic E-state index is 0.517. The summed E-state index contributed by atoms with van der Waals surface area (Å²) in [6, 6.07) is 7.52. The van der Waals surface area contributed by atoms with Crippen LogP contribution in [0.5, 0.6) is 0 Å². The first-order valence-corrected chi connectivity index (χ1v) is 6.70. The molecule has 8 heteroatoms. The molecule has 0 aliphatic rings. The van der Waals surface area contributed by atoms with Crippen LogP contribution in [0.3, 0.4) is 0 Å². The molecule has 21 heavy (non-hydrogen) atoms. The topological polar surface area (TPSA) is 83.8 Å². The van der Waals surface area contributed by atoms with Gasteiger partial charge in [-0.2, -0.15) is 0 Å². The normalized spacial score (nSPS) is 11.3. The number of nitrogens with zero attached hydrogens (tertiary/aromatic N) is 5. The van der Waals surface area contributed by atoms with Gasteiger partial charge in [-0.25, -0.2) is 9.97 Å². The van der Waals surface area contributed by atoms with E-state index in [9.17, 15) is 0 Å². The molecule has 0 amide bonds. The van der Waals surface area contributed by atoms with Crippen LogP contribution < -0.4 is 5.32 Å². The van der Waals surface area contributed by atoms with E-state index in [-0.39, 0.29) is 0 Å². The van der Waals surface area contributed by atoms with Gasteiger partial charge in [-0.05, 0) is 18.2 Å². The van der Waals surface area contributed by atoms with Gasteiger partial charge >= 0.3 is 0 Å². The summed E-state index contributed by atoms with van der Waals surface area (Å²) in [5, 5.41) is 12.3. The first-order chi connectivity index (χ1) is 10.3. The molecular formula is C13H10ClN7. The highest BCUT2D eigenvalue weighted by molar-refractivity contribution is 6.30. The number of H-pyrrole nitrogens is 1. The number of fused-ring (bicyclic) bond motifs is 3. The smallest absolute Gasteiger partial charge is 0.189 e. The highest BCUT2D eigenvalue weighted by atomic mass is 35.5. The summed E-state index contributed by atoms with van der Waals surface area (Å²) < 4.78 is 1.83. The Morgan fingerprint density at radius 2 is 2.19 bits per heavy atom. The second-order valence-electron chi connectivity index (χ2n) is 4.52. The number of hydrogen-bond acceptors (Lipinski definition) is 5. The van der Waals surface area contributed by atoms with E-state index in [4.69, 9.17) is 11.6 Å². The summed E-state index contributed by atoms with van der Waals surface area (Å²) in [7, 11) is 0. The van der Waals surface area contributed by atoms with Crippen molar-refractivity contribution in [1.29, 1.82) is 0 Å². The van der Waals surface area contributed by atoms with Crippen molar-refractivity contribution in [3.8, 4) is 0 Å². The summed E-state index contributed by atoms with van der Waals surface area (Å²) in [4.78, 5) is 11.4. The molecule has 0 aliphatic heterocycles. The van der Waals surface area contributed by atoms with Gasteiger partial charge in [0.1, 0.15) is 11.8 Å². The maximum absolute atomic E-state index is 5.96. The van der Waals surface area contributed by atoms with Crippen molar-refractivity contribution >= 4 is 34.1 Å². The van der Waals surface area contributed by atoms with Crippen LogP contribution in [0.2, 0.25) is 5.02 Å². The number of anilines is 1. The van der Waals surface area contributed by atoms with Crippen molar-refractivity contribution in [1.82, 2.24) is 29.5 Å². The summed E-state index contributed by atoms with van der Waals surface area (Å²) in [6.45, 7) is 0.517. The van der Waals surface area contributed by atoms with E-state index in [0.717, 1.165) is 17.0 Å². The van der Waals surface area contributed by atoms with E-state index in [1.807, 2.05) is 28.7 Å². The molecule has 0 radical (unpaired) electrons. The lowest BCUT2D eigenvalue weighted by Crippen LogP contribution is -2.04. The number of aromatic nitrogens is 6. The van der Waals surface area contributed by atoms with Crippen molar-refractivity contribution in [3.63, 3.8) is 0 Å². The summed E-state index contributed by atoms with van der Waals surface area (Å²) >= 11 is 5.96. The van der Waals surface area contributed by atoms with Gasteiger partial charge in [0, 0.05) is 10.7 Å². The van der Waals surface area contributed by atoms with Gasteiger partial charge in [0.15, 0.2) is 17.1 Å². The predicted molar refractivity (Wildman–Crippen MR) is 79.2 cm³/mol. The largest absolute Gasteiger partial charge is 0.378 e. The minimum atomic E-state index is 0.517. The Labute approximate surface area is 124 Å². The molecule has 1 aromatic carbocycles. The van der Waals surface area contributed by atoms with Gasteiger partial charge in [0.2, 0.25) is 0 Å². The van der Waals surface area contributed by atoms with E-state index >= 15 is 0 Å². The second-order valence-corrected chi connectivity index (χ2v) is 4.96. The van der Waals surface area contributed by atoms with Gasteiger partial charge in [-0.15, -0.1) is 10.2 Å². The number of halogens is 1. The molecule has 104 valence electrons. The molecule has 7 nitrogen and oxygen atoms in total. The Morgan fingerprint density at radius 1 is 1.24 bits per heavy atom. The average Bonchev–Trinajstić information content (AvgIpc) is 3.11. The number of imidazole rings is 1. The van der Waals surface area contributed by atoms with Crippen molar-refractivity contribution < 1.29 is 0 Å². The molecule has 4 aromatic rings. The molecular weight excluding hydrogens is 290 g/mol. The van der Waals surface area contributed by atoms with Crippen LogP contribution in [-0.2, 0) is 6.54 Å². The Bertz CT molecular complexity index is 926. The molecule has 0 saturated carbocycles. The van der Waals surface area contributed by atoms with Crippen LogP contribution >= 0.6 is 11.6 Å². The number of benzene rings is 1. The summed E-state index contributed by atoms with van der Waals surface area (Å²) in [5.41, 5.74) is 3.04. The third kappa shape index (κ3) is 2.07. The lowest BCUT2D eigenvalue weighted by Gasteiger charge is -2.05. The van der Waals surface area contributed by atoms with E-state index in [2.05, 4.69) is 30.5 Å². The lowest BCUT2D eigenvalue weighted by atomic mass is 10.3. The van der Waals surface area contributed by atoms with Gasteiger partial charge in [-0.1, -0.05) is 17.7 Å². The SMILES string of the molecule is Clc1cccc(NCc2nnc3c4[nH]cnc4ncn23)c1. The van der Waals surface area contributed by atoms with Crippen molar-refractivity contribution in [2.75, 3.05) is 5.32 Å². The van der Waals surface area contributed by atoms with Crippen molar-refractivity contribution in [2.45, 2.75) is 6.54 Å². The van der Waals surface area contributed by atoms with Gasteiger partial charge in [0.05, 0.1) is 12.9 Å². The number of nitrogens with one attached hydrogen (secondary N) is 2. The number of hydrogen-bond donors (Lipinski definition) is 2. The molecule has 0 unspecified atom stereocenters. The van der Waals surface area contributed by atoms with Gasteiger partial charge < -0.3 is 10.3 Å². The lowest BCUT2D eigenvalue weighted by molar-refractivity contribution is 0.907. The first kappa shape index (κ1) is 12.1. The molecule has 0 spiro atoms. The maximum Gasteiger partial charge on any atom is 0.189 e. The van der Waals surface area contributed by atoms with E-state index in [1.54, 1.807) is 12.7 Å². The van der Waals surface area contributed by atoms with Crippen LogP contribution in [0, 0.1) is 0 Å². The molecule has 0 atom stereocenters. The zero-order chi connectivity index (χ0) is 14.2. The minimum Gasteiger partial charge on any atom is -0.378 e. The van der Waals surface area contributed by atoms with Crippen LogP contribution in [0.4, 0.5) is 5.69 Å². The van der Waals surface area contributed by atoms with Gasteiger partial charge in [-0.3, -0.25) is 4.40 Å². The van der Waals surface area contributed by atoms with Crippen LogP contribution in [0.15, 0.2) is 36.9 Å². The van der Waals surface area contributed by atoms with Crippen LogP contribution in [0.1, 0.15) is 5.82 Å². The summed E-state index contributed by atoms with van der Waals surface area (Å²) in [5.74, 6) is 0.758. The quantitative estimate of drug-likeness (QED) is 0.606. The van der Waals surface area contributed by atoms with Crippen LogP contribution in [0.25, 0.3) is 16.8 Å². The Kier molecular flexibility index (Phi) is 2.71. The highest BCUT2D eigenvalue weighted by Gasteiger charge is 2.10. The molecule has 0 aliphatic carbocycles. The molecule has 0 fully saturated rings. The maximum atomic E-state index is 5.96.